The molecule has 4 rings (SSSR count). The highest BCUT2D eigenvalue weighted by Crippen LogP contribution is 2.41. The van der Waals surface area contributed by atoms with Gasteiger partial charge in [0, 0.05) is 30.3 Å². The van der Waals surface area contributed by atoms with E-state index in [-0.39, 0.29) is 52.3 Å². The summed E-state index contributed by atoms with van der Waals surface area (Å²) in [5.41, 5.74) is 1.71. The van der Waals surface area contributed by atoms with Crippen LogP contribution in [0.2, 0.25) is 0 Å². The van der Waals surface area contributed by atoms with Gasteiger partial charge in [-0.2, -0.15) is 4.74 Å². The summed E-state index contributed by atoms with van der Waals surface area (Å²) in [6, 6.07) is 5.14. The van der Waals surface area contributed by atoms with Crippen LogP contribution in [0.3, 0.4) is 0 Å². The summed E-state index contributed by atoms with van der Waals surface area (Å²) < 4.78 is 44.6. The number of methoxy groups -OCH3 is 1. The van der Waals surface area contributed by atoms with Gasteiger partial charge in [0.2, 0.25) is 0 Å². The normalized spacial score (nSPS) is 14.1. The fourth-order valence-electron chi connectivity index (χ4n) is 4.63. The SMILES string of the molecule is CCOc1cc2on(CC(=O)c3cc(N4CCOCC4)c(OC)c(C(C)(C)C)c3)c(=N)c2c(F)c1OCC. The molecule has 1 aliphatic heterocycles. The molecule has 3 aromatic rings. The van der Waals surface area contributed by atoms with Crippen molar-refractivity contribution >= 4 is 22.4 Å². The Morgan fingerprint density at radius 3 is 2.37 bits per heavy atom. The molecular formula is C28H36FN3O6. The third-order valence-corrected chi connectivity index (χ3v) is 6.48. The van der Waals surface area contributed by atoms with Gasteiger partial charge in [0.1, 0.15) is 17.7 Å². The fourth-order valence-corrected chi connectivity index (χ4v) is 4.63. The summed E-state index contributed by atoms with van der Waals surface area (Å²) in [7, 11) is 1.63. The van der Waals surface area contributed by atoms with Crippen molar-refractivity contribution in [1.82, 2.24) is 4.74 Å². The maximum absolute atomic E-state index is 15.4. The van der Waals surface area contributed by atoms with Crippen molar-refractivity contribution in [3.63, 3.8) is 0 Å². The molecule has 0 saturated carbocycles. The summed E-state index contributed by atoms with van der Waals surface area (Å²) in [6.07, 6.45) is 0. The highest BCUT2D eigenvalue weighted by molar-refractivity contribution is 5.98. The van der Waals surface area contributed by atoms with E-state index in [2.05, 4.69) is 25.7 Å². The Balaban J connectivity index is 1.77. The van der Waals surface area contributed by atoms with Crippen LogP contribution in [0.4, 0.5) is 10.1 Å². The van der Waals surface area contributed by atoms with Crippen molar-refractivity contribution < 1.29 is 32.7 Å². The maximum atomic E-state index is 15.4. The molecule has 9 nitrogen and oxygen atoms in total. The van der Waals surface area contributed by atoms with Crippen LogP contribution in [0.5, 0.6) is 17.2 Å². The smallest absolute Gasteiger partial charge is 0.198 e. The summed E-state index contributed by atoms with van der Waals surface area (Å²) in [5, 5.41) is 8.50. The van der Waals surface area contributed by atoms with E-state index in [0.29, 0.717) is 38.5 Å². The van der Waals surface area contributed by atoms with Crippen molar-refractivity contribution in [3.8, 4) is 17.2 Å². The Hall–Kier alpha value is -3.53. The van der Waals surface area contributed by atoms with Crippen LogP contribution >= 0.6 is 0 Å². The number of ketones is 1. The number of carbonyl (C=O) groups is 1. The fraction of sp³-hybridized carbons (Fsp3) is 0.500. The van der Waals surface area contributed by atoms with Crippen molar-refractivity contribution in [2.75, 3.05) is 51.5 Å². The van der Waals surface area contributed by atoms with Crippen LogP contribution in [0.15, 0.2) is 22.7 Å². The van der Waals surface area contributed by atoms with Gasteiger partial charge in [-0.25, -0.2) is 4.39 Å². The van der Waals surface area contributed by atoms with Gasteiger partial charge in [0.25, 0.3) is 0 Å². The Bertz CT molecular complexity index is 1380. The molecule has 0 amide bonds. The summed E-state index contributed by atoms with van der Waals surface area (Å²) in [5.74, 6) is -0.188. The van der Waals surface area contributed by atoms with Crippen molar-refractivity contribution in [2.45, 2.75) is 46.6 Å². The molecule has 0 unspecified atom stereocenters. The van der Waals surface area contributed by atoms with Crippen LogP contribution in [0, 0.1) is 11.2 Å². The number of ether oxygens (including phenoxy) is 4. The third-order valence-electron chi connectivity index (χ3n) is 6.48. The standard InChI is InChI=1S/C28H36FN3O6/c1-7-36-22-15-21-23(24(29)26(22)37-8-2)27(30)32(38-21)16-20(33)17-13-18(28(3,4)5)25(34-6)19(14-17)31-9-11-35-12-10-31/h13-15,30H,7-12,16H2,1-6H3. The molecule has 0 atom stereocenters. The first kappa shape index (κ1) is 27.5. The number of nitrogens with one attached hydrogen (secondary N) is 1. The van der Waals surface area contributed by atoms with E-state index in [9.17, 15) is 4.79 Å². The number of hydrogen-bond acceptors (Lipinski definition) is 8. The number of benzene rings is 2. The average Bonchev–Trinajstić information content (AvgIpc) is 3.20. The number of fused-ring (bicyclic) bond motifs is 1. The van der Waals surface area contributed by atoms with E-state index in [1.165, 1.54) is 6.07 Å². The lowest BCUT2D eigenvalue weighted by atomic mass is 9.84. The zero-order valence-electron chi connectivity index (χ0n) is 22.9. The molecule has 2 heterocycles. The van der Waals surface area contributed by atoms with Gasteiger partial charge >= 0.3 is 0 Å². The first-order valence-corrected chi connectivity index (χ1v) is 12.9. The van der Waals surface area contributed by atoms with Gasteiger partial charge < -0.3 is 28.4 Å². The molecule has 0 aliphatic carbocycles. The first-order chi connectivity index (χ1) is 18.1. The molecule has 38 heavy (non-hydrogen) atoms. The summed E-state index contributed by atoms with van der Waals surface area (Å²) in [6.45, 7) is 12.5. The molecule has 1 aliphatic rings. The number of anilines is 1. The number of hydrogen-bond donors (Lipinski definition) is 1. The predicted molar refractivity (Wildman–Crippen MR) is 141 cm³/mol. The number of halogens is 1. The number of carbonyl (C=O) groups excluding carboxylic acids is 1. The van der Waals surface area contributed by atoms with Gasteiger partial charge in [-0.1, -0.05) is 20.8 Å². The van der Waals surface area contributed by atoms with E-state index in [4.69, 9.17) is 28.9 Å². The van der Waals surface area contributed by atoms with E-state index in [0.717, 1.165) is 21.7 Å². The predicted octanol–water partition coefficient (Wildman–Crippen LogP) is 4.68. The minimum Gasteiger partial charge on any atom is -0.494 e. The molecule has 1 fully saturated rings. The van der Waals surface area contributed by atoms with Gasteiger partial charge in [-0.15, -0.1) is 0 Å². The van der Waals surface area contributed by atoms with Crippen LogP contribution in [0.25, 0.3) is 11.0 Å². The van der Waals surface area contributed by atoms with E-state index >= 15 is 4.39 Å². The average molecular weight is 530 g/mol. The van der Waals surface area contributed by atoms with Crippen LogP contribution < -0.4 is 24.6 Å². The molecule has 0 radical (unpaired) electrons. The van der Waals surface area contributed by atoms with E-state index in [1.807, 2.05) is 12.1 Å². The quantitative estimate of drug-likeness (QED) is 0.402. The first-order valence-electron chi connectivity index (χ1n) is 12.9. The second-order valence-electron chi connectivity index (χ2n) is 10.1. The lowest BCUT2D eigenvalue weighted by Gasteiger charge is -2.33. The number of nitrogens with zero attached hydrogens (tertiary/aromatic N) is 2. The highest BCUT2D eigenvalue weighted by Gasteiger charge is 2.28. The van der Waals surface area contributed by atoms with E-state index in [1.54, 1.807) is 21.0 Å². The molecular weight excluding hydrogens is 493 g/mol. The van der Waals surface area contributed by atoms with Crippen LogP contribution in [0.1, 0.15) is 50.5 Å². The zero-order valence-corrected chi connectivity index (χ0v) is 22.9. The monoisotopic (exact) mass is 529 g/mol. The molecule has 1 aromatic heterocycles. The maximum Gasteiger partial charge on any atom is 0.198 e. The lowest BCUT2D eigenvalue weighted by molar-refractivity contribution is 0.0932. The summed E-state index contributed by atoms with van der Waals surface area (Å²) in [4.78, 5) is 15.7. The lowest BCUT2D eigenvalue weighted by Crippen LogP contribution is -2.37. The topological polar surface area (TPSA) is 99.2 Å². The Morgan fingerprint density at radius 2 is 1.76 bits per heavy atom. The second kappa shape index (κ2) is 11.1. The Labute approximate surface area is 221 Å². The molecule has 0 bridgehead atoms. The van der Waals surface area contributed by atoms with Crippen LogP contribution in [-0.4, -0.2) is 57.1 Å². The number of morpholine rings is 1. The van der Waals surface area contributed by atoms with Gasteiger partial charge in [-0.3, -0.25) is 10.2 Å². The molecule has 10 heteroatoms. The number of aromatic nitrogens is 1. The largest absolute Gasteiger partial charge is 0.494 e. The van der Waals surface area contributed by atoms with Crippen molar-refractivity contribution in [1.29, 1.82) is 5.41 Å². The summed E-state index contributed by atoms with van der Waals surface area (Å²) >= 11 is 0. The molecule has 1 saturated heterocycles. The van der Waals surface area contributed by atoms with Crippen LogP contribution in [-0.2, 0) is 16.7 Å². The Morgan fingerprint density at radius 1 is 1.08 bits per heavy atom. The highest BCUT2D eigenvalue weighted by atomic mass is 19.1. The molecule has 0 spiro atoms. The molecule has 2 aromatic carbocycles. The van der Waals surface area contributed by atoms with Gasteiger partial charge in [0.05, 0.1) is 39.2 Å². The Kier molecular flexibility index (Phi) is 8.01. The zero-order chi connectivity index (χ0) is 27.6. The van der Waals surface area contributed by atoms with Crippen molar-refractivity contribution in [3.05, 3.63) is 40.6 Å². The molecule has 1 N–H and O–H groups in total. The second-order valence-corrected chi connectivity index (χ2v) is 10.1. The van der Waals surface area contributed by atoms with Gasteiger partial charge in [-0.05, 0) is 31.4 Å². The number of Topliss-reactive ketones (excluding diaryl/α,β-unsaturated/α-hetero) is 1. The minimum atomic E-state index is -0.748. The number of rotatable bonds is 9. The van der Waals surface area contributed by atoms with E-state index < -0.39 is 5.82 Å². The third kappa shape index (κ3) is 5.22. The van der Waals surface area contributed by atoms with Crippen molar-refractivity contribution in [2.24, 2.45) is 0 Å². The molecule has 206 valence electrons. The van der Waals surface area contributed by atoms with Gasteiger partial charge in [0.15, 0.2) is 34.2 Å². The minimum absolute atomic E-state index is 0.0659.